The molecule has 154 valence electrons. The normalized spacial score (nSPS) is 13.2. The Morgan fingerprint density at radius 1 is 1.04 bits per heavy atom. The summed E-state index contributed by atoms with van der Waals surface area (Å²) in [7, 11) is 1.48. The predicted molar refractivity (Wildman–Crippen MR) is 115 cm³/mol. The van der Waals surface area contributed by atoms with Crippen molar-refractivity contribution < 1.29 is 19.7 Å². The van der Waals surface area contributed by atoms with Crippen molar-refractivity contribution in [3.05, 3.63) is 58.7 Å². The Morgan fingerprint density at radius 2 is 1.64 bits per heavy atom. The fraction of sp³-hybridized carbons (Fsp3) is 0.458. The molecule has 0 aromatic heterocycles. The maximum Gasteiger partial charge on any atom is 0.195 e. The second kappa shape index (κ2) is 12.2. The van der Waals surface area contributed by atoms with Crippen LogP contribution < -0.4 is 4.74 Å². The van der Waals surface area contributed by atoms with Crippen molar-refractivity contribution in [2.24, 2.45) is 0 Å². The first-order valence-electron chi connectivity index (χ1n) is 9.78. The van der Waals surface area contributed by atoms with E-state index in [1.165, 1.54) is 30.4 Å². The minimum atomic E-state index is -1.17. The number of rotatable bonds is 11. The zero-order valence-corrected chi connectivity index (χ0v) is 17.8. The van der Waals surface area contributed by atoms with Crippen LogP contribution in [0, 0.1) is 0 Å². The number of hydrogen-bond donors (Lipinski definition) is 2. The van der Waals surface area contributed by atoms with Crippen LogP contribution >= 0.6 is 0 Å². The number of carbonyl (C=O) groups excluding carboxylic acids is 1. The van der Waals surface area contributed by atoms with Crippen molar-refractivity contribution in [1.29, 1.82) is 0 Å². The molecule has 1 aromatic carbocycles. The van der Waals surface area contributed by atoms with Crippen LogP contribution in [0.2, 0.25) is 0 Å². The molecule has 1 atom stereocenters. The first-order valence-corrected chi connectivity index (χ1v) is 9.78. The summed E-state index contributed by atoms with van der Waals surface area (Å²) in [6.45, 7) is 8.39. The van der Waals surface area contributed by atoms with E-state index in [2.05, 4.69) is 32.9 Å². The fourth-order valence-electron chi connectivity index (χ4n) is 2.79. The topological polar surface area (TPSA) is 66.8 Å². The Kier molecular flexibility index (Phi) is 10.3. The number of phenolic OH excluding ortho intramolecular Hbond substituents is 1. The molecule has 1 rings (SSSR count). The van der Waals surface area contributed by atoms with Gasteiger partial charge in [-0.05, 0) is 71.9 Å². The lowest BCUT2D eigenvalue weighted by molar-refractivity contribution is 0.0749. The molecule has 0 radical (unpaired) electrons. The molecule has 4 nitrogen and oxygen atoms in total. The number of ether oxygens (including phenoxy) is 1. The third kappa shape index (κ3) is 8.57. The molecule has 0 heterocycles. The van der Waals surface area contributed by atoms with Crippen molar-refractivity contribution in [3.63, 3.8) is 0 Å². The van der Waals surface area contributed by atoms with Crippen molar-refractivity contribution >= 4 is 5.78 Å². The van der Waals surface area contributed by atoms with E-state index >= 15 is 0 Å². The number of aromatic hydroxyl groups is 1. The van der Waals surface area contributed by atoms with Crippen LogP contribution in [0.4, 0.5) is 0 Å². The molecule has 0 saturated heterocycles. The van der Waals surface area contributed by atoms with Crippen molar-refractivity contribution in [2.75, 3.05) is 7.11 Å². The van der Waals surface area contributed by atoms with E-state index in [9.17, 15) is 15.0 Å². The maximum absolute atomic E-state index is 12.3. The van der Waals surface area contributed by atoms with Gasteiger partial charge in [0.15, 0.2) is 5.78 Å². The molecular formula is C24H34O4. The lowest BCUT2D eigenvalue weighted by atomic mass is 10.0. The molecule has 28 heavy (non-hydrogen) atoms. The van der Waals surface area contributed by atoms with Crippen LogP contribution in [-0.4, -0.2) is 29.2 Å². The standard InChI is InChI=1S/C24H34O4/c1-17(2)8-6-9-18(3)10-7-11-19(4)12-15-22(25)24(27)21-14-13-20(28-5)16-23(21)26/h8,10,12-14,16,22,25-26H,6-7,9,11,15H2,1-5H3/b18-10+,19-12+. The van der Waals surface area contributed by atoms with E-state index in [4.69, 9.17) is 4.74 Å². The molecule has 0 fully saturated rings. The molecular weight excluding hydrogens is 352 g/mol. The van der Waals surface area contributed by atoms with Gasteiger partial charge in [-0.2, -0.15) is 0 Å². The van der Waals surface area contributed by atoms with Gasteiger partial charge in [-0.1, -0.05) is 34.9 Å². The average Bonchev–Trinajstić information content (AvgIpc) is 2.65. The Balaban J connectivity index is 2.51. The van der Waals surface area contributed by atoms with Gasteiger partial charge in [-0.15, -0.1) is 0 Å². The van der Waals surface area contributed by atoms with Crippen molar-refractivity contribution in [1.82, 2.24) is 0 Å². The highest BCUT2D eigenvalue weighted by molar-refractivity contribution is 6.01. The molecule has 0 saturated carbocycles. The average molecular weight is 387 g/mol. The summed E-state index contributed by atoms with van der Waals surface area (Å²) >= 11 is 0. The van der Waals surface area contributed by atoms with Gasteiger partial charge >= 0.3 is 0 Å². The van der Waals surface area contributed by atoms with E-state index in [1.54, 1.807) is 6.07 Å². The van der Waals surface area contributed by atoms with Crippen LogP contribution in [0.1, 0.15) is 70.2 Å². The number of carbonyl (C=O) groups is 1. The highest BCUT2D eigenvalue weighted by Gasteiger charge is 2.19. The number of benzene rings is 1. The lowest BCUT2D eigenvalue weighted by Gasteiger charge is -2.10. The Hall–Kier alpha value is -2.33. The number of hydrogen-bond acceptors (Lipinski definition) is 4. The summed E-state index contributed by atoms with van der Waals surface area (Å²) in [5.74, 6) is -0.208. The number of Topliss-reactive ketones (excluding diaryl/α,β-unsaturated/α-hetero) is 1. The highest BCUT2D eigenvalue weighted by Crippen LogP contribution is 2.25. The van der Waals surface area contributed by atoms with Gasteiger partial charge in [0, 0.05) is 6.07 Å². The molecule has 2 N–H and O–H groups in total. The second-order valence-corrected chi connectivity index (χ2v) is 7.46. The summed E-state index contributed by atoms with van der Waals surface area (Å²) in [5.41, 5.74) is 3.98. The minimum Gasteiger partial charge on any atom is -0.507 e. The van der Waals surface area contributed by atoms with E-state index in [1.807, 2.05) is 13.0 Å². The van der Waals surface area contributed by atoms with Crippen LogP contribution in [-0.2, 0) is 0 Å². The Labute approximate surface area is 169 Å². The molecule has 0 bridgehead atoms. The van der Waals surface area contributed by atoms with Crippen LogP contribution in [0.15, 0.2) is 53.1 Å². The Bertz CT molecular complexity index is 737. The second-order valence-electron chi connectivity index (χ2n) is 7.46. The summed E-state index contributed by atoms with van der Waals surface area (Å²) in [6.07, 6.45) is 9.47. The molecule has 0 spiro atoms. The number of aliphatic hydroxyl groups is 1. The third-order valence-electron chi connectivity index (χ3n) is 4.59. The van der Waals surface area contributed by atoms with Gasteiger partial charge < -0.3 is 14.9 Å². The lowest BCUT2D eigenvalue weighted by Crippen LogP contribution is -2.19. The third-order valence-corrected chi connectivity index (χ3v) is 4.59. The first kappa shape index (κ1) is 23.7. The molecule has 1 aromatic rings. The number of methoxy groups -OCH3 is 1. The predicted octanol–water partition coefficient (Wildman–Crippen LogP) is 5.75. The van der Waals surface area contributed by atoms with Crippen LogP contribution in [0.3, 0.4) is 0 Å². The van der Waals surface area contributed by atoms with Crippen molar-refractivity contribution in [2.45, 2.75) is 65.9 Å². The van der Waals surface area contributed by atoms with Gasteiger partial charge in [0.1, 0.15) is 17.6 Å². The van der Waals surface area contributed by atoms with E-state index < -0.39 is 11.9 Å². The van der Waals surface area contributed by atoms with Crippen LogP contribution in [0.25, 0.3) is 0 Å². The van der Waals surface area contributed by atoms with E-state index in [-0.39, 0.29) is 17.7 Å². The molecule has 0 amide bonds. The summed E-state index contributed by atoms with van der Waals surface area (Å²) in [4.78, 5) is 12.3. The largest absolute Gasteiger partial charge is 0.507 e. The number of phenols is 1. The van der Waals surface area contributed by atoms with E-state index in [0.29, 0.717) is 5.75 Å². The SMILES string of the molecule is COc1ccc(C(=O)C(O)C/C=C(\C)CC/C=C(\C)CCC=C(C)C)c(O)c1. The Morgan fingerprint density at radius 3 is 2.21 bits per heavy atom. The molecule has 0 aliphatic heterocycles. The van der Waals surface area contributed by atoms with Crippen LogP contribution in [0.5, 0.6) is 11.5 Å². The van der Waals surface area contributed by atoms with Gasteiger partial charge in [-0.3, -0.25) is 4.79 Å². The highest BCUT2D eigenvalue weighted by atomic mass is 16.5. The van der Waals surface area contributed by atoms with Gasteiger partial charge in [0.25, 0.3) is 0 Å². The summed E-state index contributed by atoms with van der Waals surface area (Å²) < 4.78 is 5.00. The zero-order chi connectivity index (χ0) is 21.1. The molecule has 0 aliphatic carbocycles. The molecule has 4 heteroatoms. The number of allylic oxidation sites excluding steroid dienone is 5. The zero-order valence-electron chi connectivity index (χ0n) is 17.8. The van der Waals surface area contributed by atoms with Crippen molar-refractivity contribution in [3.8, 4) is 11.5 Å². The number of aliphatic hydroxyl groups excluding tert-OH is 1. The quantitative estimate of drug-likeness (QED) is 0.375. The first-order chi connectivity index (χ1) is 13.2. The fourth-order valence-corrected chi connectivity index (χ4v) is 2.79. The van der Waals surface area contributed by atoms with E-state index in [0.717, 1.165) is 31.3 Å². The van der Waals surface area contributed by atoms with Gasteiger partial charge in [0.2, 0.25) is 0 Å². The monoisotopic (exact) mass is 386 g/mol. The summed E-state index contributed by atoms with van der Waals surface area (Å²) in [6, 6.07) is 4.43. The molecule has 0 aliphatic rings. The van der Waals surface area contributed by atoms with Gasteiger partial charge in [0.05, 0.1) is 12.7 Å². The summed E-state index contributed by atoms with van der Waals surface area (Å²) in [5, 5.41) is 20.1. The molecule has 1 unspecified atom stereocenters. The van der Waals surface area contributed by atoms with Gasteiger partial charge in [-0.25, -0.2) is 0 Å². The minimum absolute atomic E-state index is 0.106. The smallest absolute Gasteiger partial charge is 0.195 e. The number of ketones is 1. The maximum atomic E-state index is 12.3.